The average Bonchev–Trinajstić information content (AvgIpc) is 2.53. The molecule has 0 aliphatic heterocycles. The summed E-state index contributed by atoms with van der Waals surface area (Å²) in [6.45, 7) is 0. The van der Waals surface area contributed by atoms with Gasteiger partial charge in [-0.3, -0.25) is 4.79 Å². The number of H-pyrrole nitrogens is 1. The van der Waals surface area contributed by atoms with E-state index in [1.54, 1.807) is 6.07 Å². The van der Waals surface area contributed by atoms with Crippen LogP contribution in [0, 0.1) is 22.7 Å². The van der Waals surface area contributed by atoms with Crippen LogP contribution >= 0.6 is 0 Å². The molecule has 114 valence electrons. The molecule has 8 nitrogen and oxygen atoms in total. The smallest absolute Gasteiger partial charge is 0.339 e. The van der Waals surface area contributed by atoms with Gasteiger partial charge in [0.25, 0.3) is 5.56 Å². The number of aromatic carboxylic acids is 1. The molecule has 1 heterocycles. The number of methoxy groups -OCH3 is 1. The van der Waals surface area contributed by atoms with Crippen LogP contribution in [0.5, 0.6) is 5.75 Å². The molecule has 0 aliphatic carbocycles. The Balaban J connectivity index is 2.88. The molecule has 1 aromatic heterocycles. The molecule has 2 aromatic rings. The van der Waals surface area contributed by atoms with Crippen molar-refractivity contribution in [2.45, 2.75) is 0 Å². The molecule has 0 fully saturated rings. The van der Waals surface area contributed by atoms with E-state index < -0.39 is 11.5 Å². The fourth-order valence-corrected chi connectivity index (χ4v) is 2.16. The number of carboxylic acids is 1. The highest BCUT2D eigenvalue weighted by Crippen LogP contribution is 2.32. The van der Waals surface area contributed by atoms with Crippen molar-refractivity contribution in [2.75, 3.05) is 12.8 Å². The molecule has 0 saturated carbocycles. The topological polar surface area (TPSA) is 153 Å². The Bertz CT molecular complexity index is 948. The standard InChI is InChI=1S/C15H10N4O4/c1-23-11-4-7(2-3-8(11)15(21)22)12-9(5-16)13(18)19-14(20)10(12)6-17/h2-4H,1H3,(H,21,22)(H3,18,19,20). The second-order valence-electron chi connectivity index (χ2n) is 4.44. The number of benzene rings is 1. The number of aromatic nitrogens is 1. The third kappa shape index (κ3) is 2.57. The summed E-state index contributed by atoms with van der Waals surface area (Å²) >= 11 is 0. The zero-order chi connectivity index (χ0) is 17.1. The van der Waals surface area contributed by atoms with Crippen LogP contribution in [0.3, 0.4) is 0 Å². The summed E-state index contributed by atoms with van der Waals surface area (Å²) in [6.07, 6.45) is 0. The van der Waals surface area contributed by atoms with Crippen molar-refractivity contribution in [2.24, 2.45) is 0 Å². The monoisotopic (exact) mass is 310 g/mol. The van der Waals surface area contributed by atoms with Gasteiger partial charge in [0.1, 0.15) is 40.4 Å². The summed E-state index contributed by atoms with van der Waals surface area (Å²) in [5.74, 6) is -1.34. The summed E-state index contributed by atoms with van der Waals surface area (Å²) in [5, 5.41) is 27.5. The number of carbonyl (C=O) groups is 1. The van der Waals surface area contributed by atoms with E-state index in [2.05, 4.69) is 4.98 Å². The van der Waals surface area contributed by atoms with Crippen LogP contribution in [0.15, 0.2) is 23.0 Å². The first-order valence-corrected chi connectivity index (χ1v) is 6.22. The Hall–Kier alpha value is -3.78. The highest BCUT2D eigenvalue weighted by molar-refractivity contribution is 5.92. The van der Waals surface area contributed by atoms with E-state index in [1.807, 2.05) is 6.07 Å². The first kappa shape index (κ1) is 15.6. The molecular weight excluding hydrogens is 300 g/mol. The number of anilines is 1. The number of rotatable bonds is 3. The molecular formula is C15H10N4O4. The van der Waals surface area contributed by atoms with Gasteiger partial charge in [-0.25, -0.2) is 4.79 Å². The minimum atomic E-state index is -1.19. The molecule has 0 bridgehead atoms. The second-order valence-corrected chi connectivity index (χ2v) is 4.44. The lowest BCUT2D eigenvalue weighted by Crippen LogP contribution is -2.16. The SMILES string of the molecule is COc1cc(-c2c(C#N)c(N)[nH]c(=O)c2C#N)ccc1C(=O)O. The second kappa shape index (κ2) is 5.92. The normalized spacial score (nSPS) is 9.70. The number of nitrogens with zero attached hydrogens (tertiary/aromatic N) is 2. The van der Waals surface area contributed by atoms with Crippen molar-refractivity contribution in [1.82, 2.24) is 4.98 Å². The number of nitriles is 2. The van der Waals surface area contributed by atoms with E-state index in [-0.39, 0.29) is 39.4 Å². The Labute approximate surface area is 130 Å². The number of hydrogen-bond acceptors (Lipinski definition) is 6. The molecule has 2 rings (SSSR count). The first-order chi connectivity index (χ1) is 10.9. The lowest BCUT2D eigenvalue weighted by Gasteiger charge is -2.11. The van der Waals surface area contributed by atoms with E-state index >= 15 is 0 Å². The number of carboxylic acid groups (broad SMARTS) is 1. The van der Waals surface area contributed by atoms with Gasteiger partial charge in [0.15, 0.2) is 0 Å². The molecule has 0 saturated heterocycles. The van der Waals surface area contributed by atoms with Crippen molar-refractivity contribution in [1.29, 1.82) is 10.5 Å². The summed E-state index contributed by atoms with van der Waals surface area (Å²) in [6, 6.07) is 7.54. The van der Waals surface area contributed by atoms with Crippen molar-refractivity contribution < 1.29 is 14.6 Å². The highest BCUT2D eigenvalue weighted by atomic mass is 16.5. The maximum absolute atomic E-state index is 11.9. The zero-order valence-electron chi connectivity index (χ0n) is 11.9. The Morgan fingerprint density at radius 3 is 2.48 bits per heavy atom. The van der Waals surface area contributed by atoms with E-state index in [0.717, 1.165) is 0 Å². The number of nitrogens with two attached hydrogens (primary N) is 1. The maximum atomic E-state index is 11.9. The van der Waals surface area contributed by atoms with Gasteiger partial charge in [-0.15, -0.1) is 0 Å². The van der Waals surface area contributed by atoms with Gasteiger partial charge < -0.3 is 20.6 Å². The van der Waals surface area contributed by atoms with Crippen LogP contribution in [-0.2, 0) is 0 Å². The number of ether oxygens (including phenoxy) is 1. The van der Waals surface area contributed by atoms with Crippen LogP contribution in [0.1, 0.15) is 21.5 Å². The molecule has 0 aliphatic rings. The fourth-order valence-electron chi connectivity index (χ4n) is 2.16. The maximum Gasteiger partial charge on any atom is 0.339 e. The van der Waals surface area contributed by atoms with E-state index in [4.69, 9.17) is 15.6 Å². The molecule has 8 heteroatoms. The van der Waals surface area contributed by atoms with Crippen LogP contribution in [0.4, 0.5) is 5.82 Å². The van der Waals surface area contributed by atoms with Crippen molar-refractivity contribution in [3.8, 4) is 29.0 Å². The van der Waals surface area contributed by atoms with Crippen LogP contribution in [0.2, 0.25) is 0 Å². The van der Waals surface area contributed by atoms with Crippen molar-refractivity contribution in [3.63, 3.8) is 0 Å². The Morgan fingerprint density at radius 1 is 1.30 bits per heavy atom. The largest absolute Gasteiger partial charge is 0.496 e. The van der Waals surface area contributed by atoms with Gasteiger partial charge in [-0.05, 0) is 17.7 Å². The summed E-state index contributed by atoms with van der Waals surface area (Å²) in [4.78, 5) is 25.2. The van der Waals surface area contributed by atoms with E-state index in [0.29, 0.717) is 0 Å². The van der Waals surface area contributed by atoms with Crippen molar-refractivity contribution >= 4 is 11.8 Å². The third-order valence-electron chi connectivity index (χ3n) is 3.19. The summed E-state index contributed by atoms with van der Waals surface area (Å²) < 4.78 is 5.01. The Kier molecular flexibility index (Phi) is 4.01. The van der Waals surface area contributed by atoms with Gasteiger partial charge >= 0.3 is 5.97 Å². The zero-order valence-corrected chi connectivity index (χ0v) is 11.9. The average molecular weight is 310 g/mol. The lowest BCUT2D eigenvalue weighted by molar-refractivity contribution is 0.0693. The predicted molar refractivity (Wildman–Crippen MR) is 79.9 cm³/mol. The van der Waals surface area contributed by atoms with Gasteiger partial charge in [0.2, 0.25) is 0 Å². The highest BCUT2D eigenvalue weighted by Gasteiger charge is 2.20. The first-order valence-electron chi connectivity index (χ1n) is 6.22. The van der Waals surface area contributed by atoms with Crippen LogP contribution in [-0.4, -0.2) is 23.2 Å². The third-order valence-corrected chi connectivity index (χ3v) is 3.19. The minimum absolute atomic E-state index is 0.0293. The van der Waals surface area contributed by atoms with Crippen LogP contribution in [0.25, 0.3) is 11.1 Å². The summed E-state index contributed by atoms with van der Waals surface area (Å²) in [5.41, 5.74) is 4.74. The van der Waals surface area contributed by atoms with Crippen molar-refractivity contribution in [3.05, 3.63) is 45.2 Å². The van der Waals surface area contributed by atoms with Gasteiger partial charge in [-0.2, -0.15) is 10.5 Å². The molecule has 4 N–H and O–H groups in total. The predicted octanol–water partition coefficient (Wildman–Crippen LogP) is 1.07. The van der Waals surface area contributed by atoms with E-state index in [1.165, 1.54) is 25.3 Å². The molecule has 1 aromatic carbocycles. The summed E-state index contributed by atoms with van der Waals surface area (Å²) in [7, 11) is 1.29. The van der Waals surface area contributed by atoms with Gasteiger partial charge in [0, 0.05) is 5.56 Å². The number of pyridine rings is 1. The number of aromatic amines is 1. The quantitative estimate of drug-likeness (QED) is 0.766. The molecule has 0 atom stereocenters. The number of nitrogens with one attached hydrogen (secondary N) is 1. The molecule has 0 radical (unpaired) electrons. The minimum Gasteiger partial charge on any atom is -0.496 e. The molecule has 0 amide bonds. The molecule has 0 unspecified atom stereocenters. The lowest BCUT2D eigenvalue weighted by atomic mass is 9.95. The number of nitrogen functional groups attached to an aromatic ring is 1. The Morgan fingerprint density at radius 2 is 1.96 bits per heavy atom. The fraction of sp³-hybridized carbons (Fsp3) is 0.0667. The van der Waals surface area contributed by atoms with Crippen LogP contribution < -0.4 is 16.0 Å². The van der Waals surface area contributed by atoms with E-state index in [9.17, 15) is 20.1 Å². The molecule has 0 spiro atoms. The number of hydrogen-bond donors (Lipinski definition) is 3. The van der Waals surface area contributed by atoms with Gasteiger partial charge in [0.05, 0.1) is 7.11 Å². The molecule has 23 heavy (non-hydrogen) atoms. The van der Waals surface area contributed by atoms with Gasteiger partial charge in [-0.1, -0.05) is 6.07 Å².